The summed E-state index contributed by atoms with van der Waals surface area (Å²) in [7, 11) is 0. The molecule has 0 aliphatic heterocycles. The molecule has 0 bridgehead atoms. The highest BCUT2D eigenvalue weighted by molar-refractivity contribution is 6.09. The maximum atomic E-state index is 2.54. The molecule has 1 fully saturated rings. The number of rotatable bonds is 1. The molecule has 0 saturated heterocycles. The molecule has 0 aromatic heterocycles. The minimum absolute atomic E-state index is 0.206. The molecule has 1 spiro atoms. The second-order valence-corrected chi connectivity index (χ2v) is 8.45. The Balaban J connectivity index is 1.75. The molecule has 1 saturated carbocycles. The first-order valence-corrected chi connectivity index (χ1v) is 10.6. The Morgan fingerprint density at radius 1 is 0.536 bits per heavy atom. The van der Waals surface area contributed by atoms with Crippen LogP contribution in [-0.4, -0.2) is 0 Å². The number of benzene rings is 4. The highest BCUT2D eigenvalue weighted by atomic mass is 14.5. The van der Waals surface area contributed by atoms with Crippen LogP contribution in [-0.2, 0) is 5.41 Å². The van der Waals surface area contributed by atoms with Crippen LogP contribution in [0.5, 0.6) is 0 Å². The van der Waals surface area contributed by atoms with E-state index in [0.717, 1.165) is 0 Å². The van der Waals surface area contributed by atoms with Gasteiger partial charge in [-0.25, -0.2) is 0 Å². The van der Waals surface area contributed by atoms with E-state index in [2.05, 4.69) is 84.9 Å². The summed E-state index contributed by atoms with van der Waals surface area (Å²) in [4.78, 5) is 0. The van der Waals surface area contributed by atoms with Gasteiger partial charge in [0.15, 0.2) is 0 Å². The third-order valence-electron chi connectivity index (χ3n) is 7.06. The molecule has 28 heavy (non-hydrogen) atoms. The molecule has 0 heterocycles. The second kappa shape index (κ2) is 6.07. The standard InChI is InChI=1S/C28H24/c1-3-11-20(12-4-1)24-19-26-27(22-14-6-5-13-21(22)24)23-15-7-8-16-25(23)28(26)17-9-2-10-18-28/h1,3-8,11-16,19H,2,9-10,17-18H2. The van der Waals surface area contributed by atoms with Crippen LogP contribution in [0.3, 0.4) is 0 Å². The van der Waals surface area contributed by atoms with Crippen LogP contribution in [0, 0.1) is 0 Å². The maximum absolute atomic E-state index is 2.54. The van der Waals surface area contributed by atoms with Crippen LogP contribution >= 0.6 is 0 Å². The van der Waals surface area contributed by atoms with Gasteiger partial charge in [0.1, 0.15) is 0 Å². The number of fused-ring (bicyclic) bond motifs is 7. The predicted molar refractivity (Wildman–Crippen MR) is 119 cm³/mol. The van der Waals surface area contributed by atoms with Gasteiger partial charge in [-0.3, -0.25) is 0 Å². The van der Waals surface area contributed by atoms with Gasteiger partial charge in [-0.05, 0) is 63.1 Å². The monoisotopic (exact) mass is 360 g/mol. The number of hydrogen-bond acceptors (Lipinski definition) is 0. The zero-order chi connectivity index (χ0) is 18.6. The summed E-state index contributed by atoms with van der Waals surface area (Å²) in [6.07, 6.45) is 6.61. The quantitative estimate of drug-likeness (QED) is 0.326. The van der Waals surface area contributed by atoms with Crippen LogP contribution < -0.4 is 0 Å². The van der Waals surface area contributed by atoms with Crippen molar-refractivity contribution in [2.45, 2.75) is 37.5 Å². The van der Waals surface area contributed by atoms with Crippen molar-refractivity contribution in [3.63, 3.8) is 0 Å². The van der Waals surface area contributed by atoms with Gasteiger partial charge in [-0.2, -0.15) is 0 Å². The Hall–Kier alpha value is -2.86. The first kappa shape index (κ1) is 16.1. The minimum Gasteiger partial charge on any atom is -0.0622 e. The van der Waals surface area contributed by atoms with Crippen molar-refractivity contribution in [2.24, 2.45) is 0 Å². The fraction of sp³-hybridized carbons (Fsp3) is 0.214. The van der Waals surface area contributed by atoms with E-state index in [1.54, 1.807) is 11.1 Å². The summed E-state index contributed by atoms with van der Waals surface area (Å²) in [5, 5.41) is 2.78. The van der Waals surface area contributed by atoms with Gasteiger partial charge in [-0.1, -0.05) is 98.1 Å². The third-order valence-corrected chi connectivity index (χ3v) is 7.06. The van der Waals surface area contributed by atoms with Crippen molar-refractivity contribution in [1.29, 1.82) is 0 Å². The summed E-state index contributed by atoms with van der Waals surface area (Å²) >= 11 is 0. The molecule has 0 heteroatoms. The molecule has 0 radical (unpaired) electrons. The molecule has 0 unspecified atom stereocenters. The fourth-order valence-corrected chi connectivity index (χ4v) is 5.86. The largest absolute Gasteiger partial charge is 0.0622 e. The molecule has 0 amide bonds. The average molecular weight is 361 g/mol. The molecular formula is C28H24. The Labute approximate surface area is 166 Å². The van der Waals surface area contributed by atoms with Crippen molar-refractivity contribution in [3.05, 3.63) is 96.1 Å². The average Bonchev–Trinajstić information content (AvgIpc) is 3.04. The lowest BCUT2D eigenvalue weighted by Gasteiger charge is -2.36. The number of hydrogen-bond donors (Lipinski definition) is 0. The van der Waals surface area contributed by atoms with Gasteiger partial charge in [0.05, 0.1) is 0 Å². The molecule has 2 aliphatic carbocycles. The van der Waals surface area contributed by atoms with Crippen molar-refractivity contribution in [3.8, 4) is 22.3 Å². The van der Waals surface area contributed by atoms with Gasteiger partial charge >= 0.3 is 0 Å². The van der Waals surface area contributed by atoms with Crippen molar-refractivity contribution in [1.82, 2.24) is 0 Å². The zero-order valence-electron chi connectivity index (χ0n) is 16.1. The highest BCUT2D eigenvalue weighted by Crippen LogP contribution is 2.58. The van der Waals surface area contributed by atoms with E-state index >= 15 is 0 Å². The topological polar surface area (TPSA) is 0 Å². The molecule has 136 valence electrons. The Bertz CT molecular complexity index is 1180. The Morgan fingerprint density at radius 3 is 2.04 bits per heavy atom. The summed E-state index contributed by atoms with van der Waals surface area (Å²) < 4.78 is 0. The summed E-state index contributed by atoms with van der Waals surface area (Å²) in [5.74, 6) is 0. The lowest BCUT2D eigenvalue weighted by atomic mass is 9.67. The van der Waals surface area contributed by atoms with Crippen LogP contribution in [0.1, 0.15) is 43.2 Å². The third kappa shape index (κ3) is 2.12. The minimum atomic E-state index is 0.206. The van der Waals surface area contributed by atoms with E-state index in [0.29, 0.717) is 0 Å². The molecule has 0 nitrogen and oxygen atoms in total. The second-order valence-electron chi connectivity index (χ2n) is 8.45. The normalized spacial score (nSPS) is 16.9. The molecule has 4 aromatic carbocycles. The summed E-state index contributed by atoms with van der Waals surface area (Å²) in [6.45, 7) is 0. The first-order chi connectivity index (χ1) is 13.9. The Morgan fingerprint density at radius 2 is 1.21 bits per heavy atom. The van der Waals surface area contributed by atoms with E-state index in [4.69, 9.17) is 0 Å². The van der Waals surface area contributed by atoms with Crippen molar-refractivity contribution < 1.29 is 0 Å². The van der Waals surface area contributed by atoms with E-state index in [9.17, 15) is 0 Å². The molecule has 6 rings (SSSR count). The molecule has 4 aromatic rings. The lowest BCUT2D eigenvalue weighted by Crippen LogP contribution is -2.28. The van der Waals surface area contributed by atoms with E-state index in [-0.39, 0.29) is 5.41 Å². The molecule has 0 N–H and O–H groups in total. The highest BCUT2D eigenvalue weighted by Gasteiger charge is 2.44. The molecule has 0 atom stereocenters. The van der Waals surface area contributed by atoms with Crippen LogP contribution in [0.2, 0.25) is 0 Å². The van der Waals surface area contributed by atoms with Crippen molar-refractivity contribution >= 4 is 10.8 Å². The fourth-order valence-electron chi connectivity index (χ4n) is 5.86. The summed E-state index contributed by atoms with van der Waals surface area (Å²) in [6, 6.07) is 31.7. The Kier molecular flexibility index (Phi) is 3.50. The van der Waals surface area contributed by atoms with Gasteiger partial charge in [0.2, 0.25) is 0 Å². The predicted octanol–water partition coefficient (Wildman–Crippen LogP) is 7.74. The smallest absolute Gasteiger partial charge is 0.0215 e. The van der Waals surface area contributed by atoms with Gasteiger partial charge in [0, 0.05) is 5.41 Å². The first-order valence-electron chi connectivity index (χ1n) is 10.6. The van der Waals surface area contributed by atoms with E-state index in [1.165, 1.54) is 65.1 Å². The van der Waals surface area contributed by atoms with Crippen LogP contribution in [0.4, 0.5) is 0 Å². The van der Waals surface area contributed by atoms with E-state index < -0.39 is 0 Å². The van der Waals surface area contributed by atoms with Crippen LogP contribution in [0.25, 0.3) is 33.0 Å². The van der Waals surface area contributed by atoms with Gasteiger partial charge in [0.25, 0.3) is 0 Å². The van der Waals surface area contributed by atoms with Crippen molar-refractivity contribution in [2.75, 3.05) is 0 Å². The molecular weight excluding hydrogens is 336 g/mol. The van der Waals surface area contributed by atoms with Gasteiger partial charge in [-0.15, -0.1) is 0 Å². The van der Waals surface area contributed by atoms with E-state index in [1.807, 2.05) is 0 Å². The summed E-state index contributed by atoms with van der Waals surface area (Å²) in [5.41, 5.74) is 9.02. The van der Waals surface area contributed by atoms with Crippen LogP contribution in [0.15, 0.2) is 84.9 Å². The maximum Gasteiger partial charge on any atom is 0.0215 e. The zero-order valence-corrected chi connectivity index (χ0v) is 16.1. The SMILES string of the molecule is c1ccc(-c2cc3c(c4ccccc24)-c2ccccc2C32CCCCC2)cc1. The lowest BCUT2D eigenvalue weighted by molar-refractivity contribution is 0.353. The molecule has 2 aliphatic rings. The van der Waals surface area contributed by atoms with Gasteiger partial charge < -0.3 is 0 Å².